The molecule has 2 aromatic carbocycles. The van der Waals surface area contributed by atoms with E-state index in [1.165, 1.54) is 6.42 Å². The highest BCUT2D eigenvalue weighted by Gasteiger charge is 2.44. The minimum Gasteiger partial charge on any atom is -0.497 e. The van der Waals surface area contributed by atoms with Gasteiger partial charge in [-0.3, -0.25) is 9.88 Å². The zero-order chi connectivity index (χ0) is 22.1. The van der Waals surface area contributed by atoms with Gasteiger partial charge in [0.1, 0.15) is 11.9 Å². The van der Waals surface area contributed by atoms with Crippen molar-refractivity contribution in [1.82, 2.24) is 9.88 Å². The molecule has 1 aromatic heterocycles. The number of hydrogen-bond acceptors (Lipinski definition) is 5. The highest BCUT2D eigenvalue weighted by Crippen LogP contribution is 2.43. The largest absolute Gasteiger partial charge is 0.497 e. The van der Waals surface area contributed by atoms with E-state index in [1.807, 2.05) is 30.5 Å². The highest BCUT2D eigenvalue weighted by atomic mass is 16.5. The lowest BCUT2D eigenvalue weighted by Gasteiger charge is -2.51. The number of methoxy groups -OCH3 is 1. The molecular formula is C27H28N2O3. The number of esters is 1. The Morgan fingerprint density at radius 3 is 2.72 bits per heavy atom. The molecule has 3 aliphatic heterocycles. The van der Waals surface area contributed by atoms with Crippen LogP contribution in [0.4, 0.5) is 0 Å². The molecule has 4 unspecified atom stereocenters. The first-order valence-electron chi connectivity index (χ1n) is 11.2. The summed E-state index contributed by atoms with van der Waals surface area (Å²) in [5.41, 5.74) is 2.45. The van der Waals surface area contributed by atoms with E-state index in [2.05, 4.69) is 28.6 Å². The monoisotopic (exact) mass is 428 g/mol. The summed E-state index contributed by atoms with van der Waals surface area (Å²) < 4.78 is 11.5. The lowest BCUT2D eigenvalue weighted by Crippen LogP contribution is -2.55. The van der Waals surface area contributed by atoms with Gasteiger partial charge >= 0.3 is 5.97 Å². The average molecular weight is 429 g/mol. The van der Waals surface area contributed by atoms with Gasteiger partial charge in [0.15, 0.2) is 0 Å². The molecule has 5 heteroatoms. The fourth-order valence-electron chi connectivity index (χ4n) is 5.32. The molecule has 0 saturated carbocycles. The van der Waals surface area contributed by atoms with E-state index in [0.717, 1.165) is 36.0 Å². The van der Waals surface area contributed by atoms with Crippen LogP contribution < -0.4 is 4.74 Å². The van der Waals surface area contributed by atoms with Gasteiger partial charge in [-0.05, 0) is 67.6 Å². The normalized spacial score (nSPS) is 25.3. The van der Waals surface area contributed by atoms with E-state index < -0.39 is 0 Å². The van der Waals surface area contributed by atoms with Crippen LogP contribution in [0.3, 0.4) is 0 Å². The van der Waals surface area contributed by atoms with Gasteiger partial charge in [0.25, 0.3) is 0 Å². The number of para-hydroxylation sites is 1. The summed E-state index contributed by atoms with van der Waals surface area (Å²) in [6, 6.07) is 17.3. The van der Waals surface area contributed by atoms with Crippen molar-refractivity contribution in [3.8, 4) is 5.75 Å². The molecule has 0 radical (unpaired) electrons. The topological polar surface area (TPSA) is 51.7 Å². The smallest absolute Gasteiger partial charge is 0.338 e. The number of carbonyl (C=O) groups excluding carboxylic acids is 1. The molecule has 164 valence electrons. The van der Waals surface area contributed by atoms with E-state index in [1.54, 1.807) is 31.4 Å². The molecule has 3 aromatic rings. The number of ether oxygens (including phenoxy) is 2. The number of aromatic nitrogens is 1. The first kappa shape index (κ1) is 20.7. The van der Waals surface area contributed by atoms with Crippen molar-refractivity contribution < 1.29 is 14.3 Å². The molecule has 0 amide bonds. The summed E-state index contributed by atoms with van der Waals surface area (Å²) in [6.45, 7) is 6.04. The van der Waals surface area contributed by atoms with Crippen LogP contribution in [0.2, 0.25) is 0 Å². The number of hydrogen-bond donors (Lipinski definition) is 0. The van der Waals surface area contributed by atoms with E-state index in [9.17, 15) is 4.79 Å². The second kappa shape index (κ2) is 8.75. The summed E-state index contributed by atoms with van der Waals surface area (Å²) in [4.78, 5) is 20.2. The van der Waals surface area contributed by atoms with Gasteiger partial charge in [-0.1, -0.05) is 24.3 Å². The Balaban J connectivity index is 1.52. The van der Waals surface area contributed by atoms with Crippen LogP contribution >= 0.6 is 0 Å². The second-order valence-electron chi connectivity index (χ2n) is 8.72. The molecule has 4 heterocycles. The first-order valence-corrected chi connectivity index (χ1v) is 11.2. The van der Waals surface area contributed by atoms with Crippen LogP contribution in [-0.4, -0.2) is 42.1 Å². The Labute approximate surface area is 188 Å². The maximum absolute atomic E-state index is 13.2. The van der Waals surface area contributed by atoms with Gasteiger partial charge in [0, 0.05) is 23.7 Å². The van der Waals surface area contributed by atoms with Crippen molar-refractivity contribution in [2.45, 2.75) is 25.0 Å². The summed E-state index contributed by atoms with van der Waals surface area (Å²) in [7, 11) is 1.61. The Hall–Kier alpha value is -3.18. The van der Waals surface area contributed by atoms with Crippen molar-refractivity contribution >= 4 is 16.9 Å². The molecule has 32 heavy (non-hydrogen) atoms. The Morgan fingerprint density at radius 2 is 2.00 bits per heavy atom. The molecular weight excluding hydrogens is 400 g/mol. The lowest BCUT2D eigenvalue weighted by atomic mass is 9.73. The SMILES string of the molecule is C=CC1CN2CCC1CC2[C@@H](OC(=O)c1ccc(OC)cc1)c1ccnc2ccccc12. The van der Waals surface area contributed by atoms with Gasteiger partial charge < -0.3 is 9.47 Å². The number of piperidine rings is 3. The molecule has 0 aliphatic carbocycles. The fraction of sp³-hybridized carbons (Fsp3) is 0.333. The fourth-order valence-corrected chi connectivity index (χ4v) is 5.32. The van der Waals surface area contributed by atoms with Gasteiger partial charge in [-0.25, -0.2) is 4.79 Å². The predicted molar refractivity (Wildman–Crippen MR) is 125 cm³/mol. The third-order valence-corrected chi connectivity index (χ3v) is 7.05. The van der Waals surface area contributed by atoms with Crippen LogP contribution in [0.1, 0.15) is 34.9 Å². The molecule has 5 nitrogen and oxygen atoms in total. The quantitative estimate of drug-likeness (QED) is 0.407. The summed E-state index contributed by atoms with van der Waals surface area (Å²) in [5, 5.41) is 1.03. The third kappa shape index (κ3) is 3.78. The van der Waals surface area contributed by atoms with Gasteiger partial charge in [-0.15, -0.1) is 6.58 Å². The van der Waals surface area contributed by atoms with E-state index in [0.29, 0.717) is 23.1 Å². The molecule has 3 fully saturated rings. The van der Waals surface area contributed by atoms with Crippen molar-refractivity contribution in [2.24, 2.45) is 11.8 Å². The van der Waals surface area contributed by atoms with Crippen LogP contribution in [0.5, 0.6) is 5.75 Å². The Kier molecular flexibility index (Phi) is 5.66. The Morgan fingerprint density at radius 1 is 1.19 bits per heavy atom. The van der Waals surface area contributed by atoms with Crippen LogP contribution in [0, 0.1) is 11.8 Å². The molecule has 0 spiro atoms. The average Bonchev–Trinajstić information content (AvgIpc) is 2.87. The second-order valence-corrected chi connectivity index (χ2v) is 8.72. The highest BCUT2D eigenvalue weighted by molar-refractivity contribution is 5.90. The summed E-state index contributed by atoms with van der Waals surface area (Å²) >= 11 is 0. The van der Waals surface area contributed by atoms with Crippen molar-refractivity contribution in [3.63, 3.8) is 0 Å². The minimum absolute atomic E-state index is 0.137. The first-order chi connectivity index (χ1) is 15.7. The van der Waals surface area contributed by atoms with Crippen molar-refractivity contribution in [3.05, 3.63) is 84.6 Å². The van der Waals surface area contributed by atoms with Gasteiger partial charge in [0.05, 0.1) is 24.2 Å². The number of benzene rings is 2. The third-order valence-electron chi connectivity index (χ3n) is 7.05. The Bertz CT molecular complexity index is 1120. The van der Waals surface area contributed by atoms with Gasteiger partial charge in [-0.2, -0.15) is 0 Å². The molecule has 0 N–H and O–H groups in total. The molecule has 2 bridgehead atoms. The summed E-state index contributed by atoms with van der Waals surface area (Å²) in [5.74, 6) is 1.48. The molecule has 5 atom stereocenters. The number of pyridine rings is 1. The maximum Gasteiger partial charge on any atom is 0.338 e. The predicted octanol–water partition coefficient (Wildman–Crippen LogP) is 5.04. The molecule has 6 rings (SSSR count). The number of fused-ring (bicyclic) bond motifs is 4. The number of nitrogens with zero attached hydrogens (tertiary/aromatic N) is 2. The minimum atomic E-state index is -0.369. The van der Waals surface area contributed by atoms with Crippen LogP contribution in [0.25, 0.3) is 10.9 Å². The van der Waals surface area contributed by atoms with Crippen molar-refractivity contribution in [1.29, 1.82) is 0 Å². The van der Waals surface area contributed by atoms with Crippen LogP contribution in [0.15, 0.2) is 73.4 Å². The summed E-state index contributed by atoms with van der Waals surface area (Å²) in [6.07, 6.45) is 5.70. The molecule has 3 aliphatic rings. The van der Waals surface area contributed by atoms with E-state index in [-0.39, 0.29) is 18.1 Å². The van der Waals surface area contributed by atoms with E-state index >= 15 is 0 Å². The zero-order valence-corrected chi connectivity index (χ0v) is 18.3. The maximum atomic E-state index is 13.2. The standard InChI is InChI=1S/C27H28N2O3/c1-3-18-17-29-15-13-20(18)16-25(29)26(23-12-14-28-24-7-5-4-6-22(23)24)32-27(30)19-8-10-21(31-2)11-9-19/h3-12,14,18,20,25-26H,1,13,15-17H2,2H3/t18?,20?,25?,26-/m0/s1. The lowest BCUT2D eigenvalue weighted by molar-refractivity contribution is -0.0568. The van der Waals surface area contributed by atoms with E-state index in [4.69, 9.17) is 9.47 Å². The molecule has 3 saturated heterocycles. The van der Waals surface area contributed by atoms with Gasteiger partial charge in [0.2, 0.25) is 0 Å². The zero-order valence-electron chi connectivity index (χ0n) is 18.3. The van der Waals surface area contributed by atoms with Crippen LogP contribution in [-0.2, 0) is 4.74 Å². The number of rotatable bonds is 6. The number of carbonyl (C=O) groups is 1. The van der Waals surface area contributed by atoms with Crippen molar-refractivity contribution in [2.75, 3.05) is 20.2 Å².